The molecular formula is C18H17BrN4O. The van der Waals surface area contributed by atoms with Gasteiger partial charge in [0.15, 0.2) is 0 Å². The summed E-state index contributed by atoms with van der Waals surface area (Å²) < 4.78 is 2.70. The van der Waals surface area contributed by atoms with Crippen LogP contribution in [0.4, 0.5) is 5.69 Å². The lowest BCUT2D eigenvalue weighted by Crippen LogP contribution is -2.36. The molecular weight excluding hydrogens is 368 g/mol. The van der Waals surface area contributed by atoms with E-state index in [2.05, 4.69) is 20.9 Å². The number of nitrogens with zero attached hydrogens (tertiary/aromatic N) is 3. The SMILES string of the molecule is NCc1cccc2c1CCCN2C(=O)c1ccc2ncc(Br)n2c1. The lowest BCUT2D eigenvalue weighted by molar-refractivity contribution is 0.0984. The predicted octanol–water partition coefficient (Wildman–Crippen LogP) is 3.15. The molecule has 0 bridgehead atoms. The third kappa shape index (κ3) is 2.42. The van der Waals surface area contributed by atoms with Crippen LogP contribution >= 0.6 is 15.9 Å². The smallest absolute Gasteiger partial charge is 0.259 e. The second-order valence-electron chi connectivity index (χ2n) is 5.91. The first kappa shape index (κ1) is 15.4. The van der Waals surface area contributed by atoms with Crippen molar-refractivity contribution < 1.29 is 4.79 Å². The Labute approximate surface area is 148 Å². The van der Waals surface area contributed by atoms with Crippen molar-refractivity contribution in [2.45, 2.75) is 19.4 Å². The third-order valence-corrected chi connectivity index (χ3v) is 5.11. The molecule has 2 aromatic heterocycles. The molecule has 0 atom stereocenters. The maximum atomic E-state index is 13.1. The number of pyridine rings is 1. The normalized spacial score (nSPS) is 14.0. The van der Waals surface area contributed by atoms with Gasteiger partial charge in [0.2, 0.25) is 0 Å². The summed E-state index contributed by atoms with van der Waals surface area (Å²) in [4.78, 5) is 19.2. The number of carbonyl (C=O) groups excluding carboxylic acids is 1. The summed E-state index contributed by atoms with van der Waals surface area (Å²) in [6.45, 7) is 1.22. The summed E-state index contributed by atoms with van der Waals surface area (Å²) in [5, 5.41) is 0. The monoisotopic (exact) mass is 384 g/mol. The first-order valence-electron chi connectivity index (χ1n) is 7.94. The first-order chi connectivity index (χ1) is 11.7. The van der Waals surface area contributed by atoms with E-state index in [1.165, 1.54) is 5.56 Å². The van der Waals surface area contributed by atoms with Gasteiger partial charge < -0.3 is 10.6 Å². The molecule has 3 aromatic rings. The maximum Gasteiger partial charge on any atom is 0.259 e. The Kier molecular flexibility index (Phi) is 3.86. The number of rotatable bonds is 2. The van der Waals surface area contributed by atoms with Crippen LogP contribution in [0, 0.1) is 0 Å². The predicted molar refractivity (Wildman–Crippen MR) is 97.2 cm³/mol. The number of nitrogens with two attached hydrogens (primary N) is 1. The minimum Gasteiger partial charge on any atom is -0.326 e. The summed E-state index contributed by atoms with van der Waals surface area (Å²) in [5.41, 5.74) is 10.6. The molecule has 0 unspecified atom stereocenters. The molecule has 5 nitrogen and oxygen atoms in total. The van der Waals surface area contributed by atoms with Gasteiger partial charge in [-0.2, -0.15) is 0 Å². The Hall–Kier alpha value is -2.18. The van der Waals surface area contributed by atoms with Crippen LogP contribution < -0.4 is 10.6 Å². The molecule has 1 aliphatic heterocycles. The zero-order chi connectivity index (χ0) is 16.7. The van der Waals surface area contributed by atoms with Crippen LogP contribution in [0.25, 0.3) is 5.65 Å². The molecule has 3 heterocycles. The zero-order valence-electron chi connectivity index (χ0n) is 13.1. The van der Waals surface area contributed by atoms with Crippen molar-refractivity contribution in [1.82, 2.24) is 9.38 Å². The van der Waals surface area contributed by atoms with E-state index in [4.69, 9.17) is 5.73 Å². The van der Waals surface area contributed by atoms with Crippen LogP contribution in [0.15, 0.2) is 47.3 Å². The van der Waals surface area contributed by atoms with E-state index in [0.717, 1.165) is 40.9 Å². The molecule has 0 fully saturated rings. The molecule has 1 aromatic carbocycles. The molecule has 122 valence electrons. The highest BCUT2D eigenvalue weighted by Gasteiger charge is 2.25. The molecule has 0 spiro atoms. The fraction of sp³-hybridized carbons (Fsp3) is 0.222. The lowest BCUT2D eigenvalue weighted by Gasteiger charge is -2.31. The van der Waals surface area contributed by atoms with Crippen molar-refractivity contribution in [3.05, 3.63) is 64.0 Å². The van der Waals surface area contributed by atoms with Crippen molar-refractivity contribution in [1.29, 1.82) is 0 Å². The summed E-state index contributed by atoms with van der Waals surface area (Å²) in [6.07, 6.45) is 5.48. The van der Waals surface area contributed by atoms with Crippen LogP contribution in [-0.4, -0.2) is 21.8 Å². The van der Waals surface area contributed by atoms with Crippen LogP contribution in [0.3, 0.4) is 0 Å². The fourth-order valence-corrected chi connectivity index (χ4v) is 3.72. The van der Waals surface area contributed by atoms with Crippen molar-refractivity contribution >= 4 is 33.2 Å². The summed E-state index contributed by atoms with van der Waals surface area (Å²) in [7, 11) is 0. The van der Waals surface area contributed by atoms with E-state index in [0.29, 0.717) is 12.1 Å². The largest absolute Gasteiger partial charge is 0.326 e. The molecule has 2 N–H and O–H groups in total. The molecule has 6 heteroatoms. The molecule has 4 rings (SSSR count). The van der Waals surface area contributed by atoms with Gasteiger partial charge in [0.25, 0.3) is 5.91 Å². The number of hydrogen-bond acceptors (Lipinski definition) is 3. The third-order valence-electron chi connectivity index (χ3n) is 4.52. The van der Waals surface area contributed by atoms with Crippen molar-refractivity contribution in [2.75, 3.05) is 11.4 Å². The Bertz CT molecular complexity index is 934. The zero-order valence-corrected chi connectivity index (χ0v) is 14.7. The minimum absolute atomic E-state index is 0.00706. The van der Waals surface area contributed by atoms with E-state index < -0.39 is 0 Å². The molecule has 1 amide bonds. The molecule has 0 radical (unpaired) electrons. The van der Waals surface area contributed by atoms with Crippen LogP contribution in [-0.2, 0) is 13.0 Å². The number of carbonyl (C=O) groups is 1. The number of benzene rings is 1. The van der Waals surface area contributed by atoms with Crippen molar-refractivity contribution in [3.63, 3.8) is 0 Å². The van der Waals surface area contributed by atoms with E-state index in [1.54, 1.807) is 6.20 Å². The number of halogens is 1. The molecule has 0 aliphatic carbocycles. The second kappa shape index (κ2) is 6.03. The molecule has 0 saturated carbocycles. The van der Waals surface area contributed by atoms with Crippen molar-refractivity contribution in [2.24, 2.45) is 5.73 Å². The van der Waals surface area contributed by atoms with Gasteiger partial charge in [0, 0.05) is 25.0 Å². The number of fused-ring (bicyclic) bond motifs is 2. The number of anilines is 1. The van der Waals surface area contributed by atoms with Gasteiger partial charge in [-0.3, -0.25) is 9.20 Å². The standard InChI is InChI=1S/C18H17BrN4O/c19-16-10-21-17-7-6-13(11-23(16)17)18(24)22-8-2-4-14-12(9-20)3-1-5-15(14)22/h1,3,5-7,10-11H,2,4,8-9,20H2. The topological polar surface area (TPSA) is 63.6 Å². The summed E-state index contributed by atoms with van der Waals surface area (Å²) in [6, 6.07) is 9.72. The summed E-state index contributed by atoms with van der Waals surface area (Å²) >= 11 is 3.45. The average Bonchev–Trinajstić information content (AvgIpc) is 3.00. The van der Waals surface area contributed by atoms with Crippen molar-refractivity contribution in [3.8, 4) is 0 Å². The fourth-order valence-electron chi connectivity index (χ4n) is 3.33. The molecule has 0 saturated heterocycles. The Balaban J connectivity index is 1.76. The van der Waals surface area contributed by atoms with Gasteiger partial charge in [0.05, 0.1) is 11.8 Å². The quantitative estimate of drug-likeness (QED) is 0.737. The van der Waals surface area contributed by atoms with Gasteiger partial charge in [-0.05, 0) is 58.1 Å². The van der Waals surface area contributed by atoms with Gasteiger partial charge >= 0.3 is 0 Å². The number of amides is 1. The van der Waals surface area contributed by atoms with Crippen LogP contribution in [0.2, 0.25) is 0 Å². The first-order valence-corrected chi connectivity index (χ1v) is 8.73. The van der Waals surface area contributed by atoms with Gasteiger partial charge in [-0.15, -0.1) is 0 Å². The highest BCUT2D eigenvalue weighted by Crippen LogP contribution is 2.31. The summed E-state index contributed by atoms with van der Waals surface area (Å²) in [5.74, 6) is 0.00706. The van der Waals surface area contributed by atoms with Gasteiger partial charge in [-0.25, -0.2) is 4.98 Å². The van der Waals surface area contributed by atoms with Gasteiger partial charge in [0.1, 0.15) is 10.3 Å². The Morgan fingerprint density at radius 3 is 3.00 bits per heavy atom. The van der Waals surface area contributed by atoms with E-state index in [9.17, 15) is 4.79 Å². The van der Waals surface area contributed by atoms with Crippen LogP contribution in [0.1, 0.15) is 27.9 Å². The molecule has 1 aliphatic rings. The lowest BCUT2D eigenvalue weighted by atomic mass is 9.96. The number of imidazole rings is 1. The maximum absolute atomic E-state index is 13.1. The number of aromatic nitrogens is 2. The number of hydrogen-bond donors (Lipinski definition) is 1. The highest BCUT2D eigenvalue weighted by atomic mass is 79.9. The Morgan fingerprint density at radius 1 is 1.29 bits per heavy atom. The van der Waals surface area contributed by atoms with Gasteiger partial charge in [-0.1, -0.05) is 12.1 Å². The minimum atomic E-state index is 0.00706. The van der Waals surface area contributed by atoms with Crippen LogP contribution in [0.5, 0.6) is 0 Å². The Morgan fingerprint density at radius 2 is 2.17 bits per heavy atom. The molecule has 24 heavy (non-hydrogen) atoms. The highest BCUT2D eigenvalue weighted by molar-refractivity contribution is 9.10. The average molecular weight is 385 g/mol. The van der Waals surface area contributed by atoms with E-state index in [1.807, 2.05) is 45.8 Å². The second-order valence-corrected chi connectivity index (χ2v) is 6.72. The van der Waals surface area contributed by atoms with E-state index >= 15 is 0 Å². The van der Waals surface area contributed by atoms with E-state index in [-0.39, 0.29) is 5.91 Å².